The van der Waals surface area contributed by atoms with Crippen molar-refractivity contribution >= 4 is 17.8 Å². The molecule has 1 atom stereocenters. The molecule has 1 fully saturated rings. The van der Waals surface area contributed by atoms with Gasteiger partial charge in [-0.15, -0.1) is 0 Å². The number of amides is 1. The van der Waals surface area contributed by atoms with Crippen LogP contribution in [0.3, 0.4) is 0 Å². The van der Waals surface area contributed by atoms with E-state index >= 15 is 0 Å². The van der Waals surface area contributed by atoms with Gasteiger partial charge in [0.25, 0.3) is 0 Å². The maximum atomic E-state index is 12.7. The lowest BCUT2D eigenvalue weighted by atomic mass is 9.84. The van der Waals surface area contributed by atoms with E-state index in [4.69, 9.17) is 9.47 Å². The fraction of sp³-hybridized carbons (Fsp3) is 0.609. The molecule has 29 heavy (non-hydrogen) atoms. The maximum Gasteiger partial charge on any atom is 0.408 e. The van der Waals surface area contributed by atoms with Gasteiger partial charge in [0.15, 0.2) is 0 Å². The molecule has 0 spiro atoms. The zero-order valence-electron chi connectivity index (χ0n) is 17.7. The zero-order valence-corrected chi connectivity index (χ0v) is 17.7. The van der Waals surface area contributed by atoms with Gasteiger partial charge in [-0.1, -0.05) is 56.5 Å². The van der Waals surface area contributed by atoms with Crippen molar-refractivity contribution in [2.24, 2.45) is 5.92 Å². The second-order valence-corrected chi connectivity index (χ2v) is 8.30. The number of Topliss-reactive ketones (excluding diaryl/α,β-unsaturated/α-hetero) is 1. The van der Waals surface area contributed by atoms with Gasteiger partial charge in [0.2, 0.25) is 0 Å². The molecule has 2 rings (SSSR count). The number of carbonyl (C=O) groups is 3. The zero-order chi connectivity index (χ0) is 21.3. The molecule has 1 amide bonds. The molecule has 1 aromatic rings. The van der Waals surface area contributed by atoms with Gasteiger partial charge in [-0.3, -0.25) is 4.79 Å². The largest absolute Gasteiger partial charge is 0.459 e. The molecule has 0 bridgehead atoms. The third-order valence-corrected chi connectivity index (χ3v) is 5.49. The number of hydrogen-bond acceptors (Lipinski definition) is 5. The second-order valence-electron chi connectivity index (χ2n) is 8.30. The van der Waals surface area contributed by atoms with Crippen LogP contribution in [0.1, 0.15) is 71.3 Å². The number of benzene rings is 1. The normalized spacial score (nSPS) is 16.0. The first-order chi connectivity index (χ1) is 13.8. The van der Waals surface area contributed by atoms with Crippen LogP contribution in [-0.4, -0.2) is 29.5 Å². The first kappa shape index (κ1) is 22.9. The molecule has 6 nitrogen and oxygen atoms in total. The monoisotopic (exact) mass is 403 g/mol. The summed E-state index contributed by atoms with van der Waals surface area (Å²) in [5, 5.41) is 2.56. The van der Waals surface area contributed by atoms with Gasteiger partial charge in [0, 0.05) is 12.3 Å². The van der Waals surface area contributed by atoms with E-state index in [1.807, 2.05) is 37.3 Å². The number of hydrogen-bond donors (Lipinski definition) is 1. The summed E-state index contributed by atoms with van der Waals surface area (Å²) in [5.41, 5.74) is 0.184. The molecule has 1 N–H and O–H groups in total. The number of rotatable bonds is 9. The predicted molar refractivity (Wildman–Crippen MR) is 110 cm³/mol. The van der Waals surface area contributed by atoms with Crippen LogP contribution in [0.25, 0.3) is 0 Å². The van der Waals surface area contributed by atoms with Gasteiger partial charge in [0.1, 0.15) is 24.0 Å². The van der Waals surface area contributed by atoms with E-state index in [2.05, 4.69) is 5.32 Å². The number of alkyl carbamates (subject to hydrolysis) is 1. The summed E-state index contributed by atoms with van der Waals surface area (Å²) in [7, 11) is 0. The summed E-state index contributed by atoms with van der Waals surface area (Å²) in [6, 6.07) is 8.24. The molecular formula is C23H33NO5. The van der Waals surface area contributed by atoms with E-state index in [1.54, 1.807) is 13.8 Å². The third kappa shape index (κ3) is 7.87. The Labute approximate surface area is 173 Å². The highest BCUT2D eigenvalue weighted by molar-refractivity contribution is 5.90. The minimum absolute atomic E-state index is 0.00131. The minimum atomic E-state index is -1.05. The van der Waals surface area contributed by atoms with E-state index in [1.165, 1.54) is 0 Å². The molecule has 0 radical (unpaired) electrons. The molecule has 0 aliphatic heterocycles. The average Bonchev–Trinajstić information content (AvgIpc) is 2.72. The minimum Gasteiger partial charge on any atom is -0.459 e. The average molecular weight is 404 g/mol. The highest BCUT2D eigenvalue weighted by Gasteiger charge is 2.31. The molecule has 1 unspecified atom stereocenters. The van der Waals surface area contributed by atoms with E-state index in [-0.39, 0.29) is 24.7 Å². The highest BCUT2D eigenvalue weighted by Crippen LogP contribution is 2.26. The quantitative estimate of drug-likeness (QED) is 0.612. The number of ketones is 1. The molecule has 0 aromatic heterocycles. The Bertz CT molecular complexity index is 680. The first-order valence-corrected chi connectivity index (χ1v) is 10.5. The van der Waals surface area contributed by atoms with Gasteiger partial charge < -0.3 is 14.8 Å². The fourth-order valence-electron chi connectivity index (χ4n) is 3.31. The summed E-state index contributed by atoms with van der Waals surface area (Å²) in [6.45, 7) is 5.58. The SMILES string of the molecule is CCC(C)(C)OC(=O)NC(CC(=O)C1CCCCC1)C(=O)OCc1ccccc1. The highest BCUT2D eigenvalue weighted by atomic mass is 16.6. The van der Waals surface area contributed by atoms with Gasteiger partial charge in [-0.25, -0.2) is 9.59 Å². The predicted octanol–water partition coefficient (Wildman–Crippen LogP) is 4.55. The molecule has 6 heteroatoms. The van der Waals surface area contributed by atoms with Crippen molar-refractivity contribution in [3.8, 4) is 0 Å². The number of esters is 1. The second kappa shape index (κ2) is 11.0. The summed E-state index contributed by atoms with van der Waals surface area (Å²) in [4.78, 5) is 37.7. The van der Waals surface area contributed by atoms with Crippen molar-refractivity contribution in [2.75, 3.05) is 0 Å². The Kier molecular flexibility index (Phi) is 8.68. The van der Waals surface area contributed by atoms with Crippen molar-refractivity contribution in [2.45, 2.75) is 84.0 Å². The van der Waals surface area contributed by atoms with Crippen LogP contribution < -0.4 is 5.32 Å². The standard InChI is InChI=1S/C23H33NO5/c1-4-23(2,3)29-22(27)24-19(15-20(25)18-13-9-6-10-14-18)21(26)28-16-17-11-7-5-8-12-17/h5,7-8,11-12,18-19H,4,6,9-10,13-16H2,1-3H3,(H,24,27). The lowest BCUT2D eigenvalue weighted by Crippen LogP contribution is -2.46. The van der Waals surface area contributed by atoms with Crippen molar-refractivity contribution in [3.05, 3.63) is 35.9 Å². The maximum absolute atomic E-state index is 12.7. The number of nitrogens with one attached hydrogen (secondary N) is 1. The van der Waals surface area contributed by atoms with E-state index in [0.717, 1.165) is 37.7 Å². The smallest absolute Gasteiger partial charge is 0.408 e. The lowest BCUT2D eigenvalue weighted by Gasteiger charge is -2.26. The molecule has 160 valence electrons. The van der Waals surface area contributed by atoms with Crippen LogP contribution in [0.2, 0.25) is 0 Å². The van der Waals surface area contributed by atoms with Crippen LogP contribution in [-0.2, 0) is 25.7 Å². The van der Waals surface area contributed by atoms with Crippen molar-refractivity contribution in [3.63, 3.8) is 0 Å². The first-order valence-electron chi connectivity index (χ1n) is 10.5. The van der Waals surface area contributed by atoms with Crippen LogP contribution in [0.15, 0.2) is 30.3 Å². The molecule has 1 aliphatic carbocycles. The summed E-state index contributed by atoms with van der Waals surface area (Å²) < 4.78 is 10.8. The summed E-state index contributed by atoms with van der Waals surface area (Å²) in [5.74, 6) is -0.663. The van der Waals surface area contributed by atoms with Gasteiger partial charge in [-0.05, 0) is 38.7 Å². The fourth-order valence-corrected chi connectivity index (χ4v) is 3.31. The van der Waals surface area contributed by atoms with Crippen LogP contribution >= 0.6 is 0 Å². The van der Waals surface area contributed by atoms with E-state index in [0.29, 0.717) is 6.42 Å². The van der Waals surface area contributed by atoms with Gasteiger partial charge in [-0.2, -0.15) is 0 Å². The Morgan fingerprint density at radius 1 is 1.10 bits per heavy atom. The van der Waals surface area contributed by atoms with E-state index < -0.39 is 23.7 Å². The number of carbonyl (C=O) groups excluding carboxylic acids is 3. The van der Waals surface area contributed by atoms with Crippen molar-refractivity contribution < 1.29 is 23.9 Å². The van der Waals surface area contributed by atoms with Crippen molar-refractivity contribution in [1.82, 2.24) is 5.32 Å². The van der Waals surface area contributed by atoms with Gasteiger partial charge in [0.05, 0.1) is 0 Å². The van der Waals surface area contributed by atoms with Crippen LogP contribution in [0.5, 0.6) is 0 Å². The molecule has 0 saturated heterocycles. The van der Waals surface area contributed by atoms with Gasteiger partial charge >= 0.3 is 12.1 Å². The number of ether oxygens (including phenoxy) is 2. The van der Waals surface area contributed by atoms with Crippen LogP contribution in [0, 0.1) is 5.92 Å². The molecule has 1 saturated carbocycles. The third-order valence-electron chi connectivity index (χ3n) is 5.49. The Morgan fingerprint density at radius 2 is 1.76 bits per heavy atom. The Hall–Kier alpha value is -2.37. The Morgan fingerprint density at radius 3 is 2.38 bits per heavy atom. The van der Waals surface area contributed by atoms with Crippen LogP contribution in [0.4, 0.5) is 4.79 Å². The summed E-state index contributed by atoms with van der Waals surface area (Å²) in [6.07, 6.45) is 4.73. The molecular weight excluding hydrogens is 370 g/mol. The Balaban J connectivity index is 2.01. The molecule has 1 aromatic carbocycles. The summed E-state index contributed by atoms with van der Waals surface area (Å²) >= 11 is 0. The van der Waals surface area contributed by atoms with Crippen molar-refractivity contribution in [1.29, 1.82) is 0 Å². The molecule has 1 aliphatic rings. The topological polar surface area (TPSA) is 81.7 Å². The van der Waals surface area contributed by atoms with E-state index in [9.17, 15) is 14.4 Å². The molecule has 0 heterocycles. The lowest BCUT2D eigenvalue weighted by molar-refractivity contribution is -0.149.